The van der Waals surface area contributed by atoms with Crippen LogP contribution in [-0.2, 0) is 0 Å². The highest BCUT2D eigenvalue weighted by molar-refractivity contribution is 9.10. The molecule has 1 N–H and O–H groups in total. The minimum atomic E-state index is -0.264. The Morgan fingerprint density at radius 3 is 2.74 bits per heavy atom. The van der Waals surface area contributed by atoms with Crippen LogP contribution in [-0.4, -0.2) is 12.1 Å². The van der Waals surface area contributed by atoms with Crippen molar-refractivity contribution in [3.8, 4) is 0 Å². The molecule has 0 saturated carbocycles. The zero-order chi connectivity index (χ0) is 13.8. The fraction of sp³-hybridized carbons (Fsp3) is 0.143. The molecule has 0 aliphatic carbocycles. The molecule has 19 heavy (non-hydrogen) atoms. The first-order valence-corrected chi connectivity index (χ1v) is 6.51. The molecule has 0 fully saturated rings. The molecule has 0 spiro atoms. The van der Waals surface area contributed by atoms with Crippen molar-refractivity contribution in [1.82, 2.24) is 5.43 Å². The molecule has 0 atom stereocenters. The summed E-state index contributed by atoms with van der Waals surface area (Å²) in [7, 11) is 0. The predicted octanol–water partition coefficient (Wildman–Crippen LogP) is 3.42. The van der Waals surface area contributed by atoms with Crippen molar-refractivity contribution in [3.63, 3.8) is 0 Å². The van der Waals surface area contributed by atoms with E-state index in [4.69, 9.17) is 4.42 Å². The Bertz CT molecular complexity index is 632. The normalized spacial score (nSPS) is 10.9. The van der Waals surface area contributed by atoms with Crippen molar-refractivity contribution in [2.24, 2.45) is 5.10 Å². The molecule has 5 heteroatoms. The summed E-state index contributed by atoms with van der Waals surface area (Å²) in [5, 5.41) is 3.85. The molecule has 0 bridgehead atoms. The molecule has 0 aliphatic rings. The Hall–Kier alpha value is -1.88. The summed E-state index contributed by atoms with van der Waals surface area (Å²) in [6, 6.07) is 9.01. The molecule has 1 heterocycles. The van der Waals surface area contributed by atoms with E-state index >= 15 is 0 Å². The predicted molar refractivity (Wildman–Crippen MR) is 77.4 cm³/mol. The number of hydrogen-bond acceptors (Lipinski definition) is 3. The Labute approximate surface area is 119 Å². The molecule has 2 aromatic rings. The summed E-state index contributed by atoms with van der Waals surface area (Å²) in [6.45, 7) is 3.81. The fourth-order valence-corrected chi connectivity index (χ4v) is 1.85. The number of carbonyl (C=O) groups is 1. The van der Waals surface area contributed by atoms with Gasteiger partial charge in [-0.25, -0.2) is 5.43 Å². The third kappa shape index (κ3) is 3.54. The lowest BCUT2D eigenvalue weighted by Gasteiger charge is -2.02. The fourth-order valence-electron chi connectivity index (χ4n) is 1.48. The number of nitrogens with zero attached hydrogens (tertiary/aromatic N) is 1. The summed E-state index contributed by atoms with van der Waals surface area (Å²) in [5.74, 6) is 1.14. The first kappa shape index (κ1) is 13.5. The van der Waals surface area contributed by atoms with Crippen LogP contribution in [0.4, 0.5) is 0 Å². The maximum atomic E-state index is 11.8. The molecule has 0 saturated heterocycles. The smallest absolute Gasteiger partial charge is 0.271 e. The van der Waals surface area contributed by atoms with Crippen LogP contribution >= 0.6 is 15.9 Å². The van der Waals surface area contributed by atoms with Crippen molar-refractivity contribution in [1.29, 1.82) is 0 Å². The molecule has 1 amide bonds. The van der Waals surface area contributed by atoms with Gasteiger partial charge in [-0.3, -0.25) is 4.79 Å². The highest BCUT2D eigenvalue weighted by Crippen LogP contribution is 2.17. The molecule has 1 aromatic heterocycles. The standard InChI is InChI=1S/C14H13BrN2O2/c1-9-3-5-11(7-13(9)15)14(18)17-16-8-12-6-4-10(2)19-12/h3-8H,1-2H3,(H,17,18). The van der Waals surface area contributed by atoms with Gasteiger partial charge >= 0.3 is 0 Å². The van der Waals surface area contributed by atoms with E-state index in [0.717, 1.165) is 15.8 Å². The van der Waals surface area contributed by atoms with Gasteiger partial charge in [-0.1, -0.05) is 22.0 Å². The highest BCUT2D eigenvalue weighted by Gasteiger charge is 2.05. The van der Waals surface area contributed by atoms with Gasteiger partial charge in [0.25, 0.3) is 5.91 Å². The number of hydrazone groups is 1. The van der Waals surface area contributed by atoms with Crippen LogP contribution in [0.15, 0.2) is 44.3 Å². The maximum absolute atomic E-state index is 11.8. The van der Waals surface area contributed by atoms with Gasteiger partial charge < -0.3 is 4.42 Å². The van der Waals surface area contributed by atoms with Crippen LogP contribution in [0.1, 0.15) is 27.4 Å². The second kappa shape index (κ2) is 5.84. The van der Waals surface area contributed by atoms with Crippen molar-refractivity contribution < 1.29 is 9.21 Å². The zero-order valence-electron chi connectivity index (χ0n) is 10.6. The third-order valence-corrected chi connectivity index (χ3v) is 3.41. The SMILES string of the molecule is Cc1ccc(C=NNC(=O)c2ccc(C)c(Br)c2)o1. The number of amides is 1. The van der Waals surface area contributed by atoms with Crippen LogP contribution in [0.5, 0.6) is 0 Å². The van der Waals surface area contributed by atoms with Crippen LogP contribution in [0, 0.1) is 13.8 Å². The number of furan rings is 1. The molecule has 4 nitrogen and oxygen atoms in total. The summed E-state index contributed by atoms with van der Waals surface area (Å²) in [6.07, 6.45) is 1.47. The first-order valence-electron chi connectivity index (χ1n) is 5.72. The molecule has 98 valence electrons. The quantitative estimate of drug-likeness (QED) is 0.696. The van der Waals surface area contributed by atoms with E-state index in [1.54, 1.807) is 18.2 Å². The van der Waals surface area contributed by atoms with Crippen LogP contribution in [0.2, 0.25) is 0 Å². The number of benzene rings is 1. The Balaban J connectivity index is 2.01. The molecule has 0 aliphatic heterocycles. The van der Waals surface area contributed by atoms with Crippen molar-refractivity contribution in [2.75, 3.05) is 0 Å². The van der Waals surface area contributed by atoms with E-state index in [1.165, 1.54) is 6.21 Å². The first-order chi connectivity index (χ1) is 9.06. The minimum Gasteiger partial charge on any atom is -0.460 e. The summed E-state index contributed by atoms with van der Waals surface area (Å²) >= 11 is 3.39. The molecule has 1 aromatic carbocycles. The van der Waals surface area contributed by atoms with Gasteiger partial charge in [0, 0.05) is 10.0 Å². The lowest BCUT2D eigenvalue weighted by molar-refractivity contribution is 0.0955. The summed E-state index contributed by atoms with van der Waals surface area (Å²) in [4.78, 5) is 11.8. The van der Waals surface area contributed by atoms with Gasteiger partial charge in [-0.2, -0.15) is 5.10 Å². The zero-order valence-corrected chi connectivity index (χ0v) is 12.2. The number of carbonyl (C=O) groups excluding carboxylic acids is 1. The van der Waals surface area contributed by atoms with Gasteiger partial charge in [-0.05, 0) is 43.7 Å². The monoisotopic (exact) mass is 320 g/mol. The number of halogens is 1. The van der Waals surface area contributed by atoms with Gasteiger partial charge in [-0.15, -0.1) is 0 Å². The minimum absolute atomic E-state index is 0.264. The number of nitrogens with one attached hydrogen (secondary N) is 1. The van der Waals surface area contributed by atoms with Gasteiger partial charge in [0.15, 0.2) is 0 Å². The number of aryl methyl sites for hydroxylation is 2. The summed E-state index contributed by atoms with van der Waals surface area (Å²) < 4.78 is 6.19. The Kier molecular flexibility index (Phi) is 4.16. The maximum Gasteiger partial charge on any atom is 0.271 e. The topological polar surface area (TPSA) is 54.6 Å². The molecule has 0 unspecified atom stereocenters. The van der Waals surface area contributed by atoms with Crippen LogP contribution in [0.3, 0.4) is 0 Å². The Morgan fingerprint density at radius 2 is 2.11 bits per heavy atom. The molecule has 2 rings (SSSR count). The van der Waals surface area contributed by atoms with E-state index in [-0.39, 0.29) is 5.91 Å². The second-order valence-electron chi connectivity index (χ2n) is 4.11. The second-order valence-corrected chi connectivity index (χ2v) is 4.97. The molecular formula is C14H13BrN2O2. The molecule has 0 radical (unpaired) electrons. The van der Waals surface area contributed by atoms with E-state index in [1.807, 2.05) is 26.0 Å². The van der Waals surface area contributed by atoms with Crippen LogP contribution in [0.25, 0.3) is 0 Å². The van der Waals surface area contributed by atoms with Gasteiger partial charge in [0.1, 0.15) is 11.5 Å². The third-order valence-electron chi connectivity index (χ3n) is 2.55. The van der Waals surface area contributed by atoms with Crippen molar-refractivity contribution >= 4 is 28.1 Å². The number of hydrogen-bond donors (Lipinski definition) is 1. The Morgan fingerprint density at radius 1 is 1.32 bits per heavy atom. The van der Waals surface area contributed by atoms with E-state index < -0.39 is 0 Å². The van der Waals surface area contributed by atoms with Gasteiger partial charge in [0.2, 0.25) is 0 Å². The average molecular weight is 321 g/mol. The van der Waals surface area contributed by atoms with E-state index in [2.05, 4.69) is 26.5 Å². The lowest BCUT2D eigenvalue weighted by Crippen LogP contribution is -2.17. The summed E-state index contributed by atoms with van der Waals surface area (Å²) in [5.41, 5.74) is 4.07. The van der Waals surface area contributed by atoms with E-state index in [0.29, 0.717) is 11.3 Å². The van der Waals surface area contributed by atoms with Crippen molar-refractivity contribution in [2.45, 2.75) is 13.8 Å². The van der Waals surface area contributed by atoms with E-state index in [9.17, 15) is 4.79 Å². The van der Waals surface area contributed by atoms with Gasteiger partial charge in [0.05, 0.1) is 6.21 Å². The number of rotatable bonds is 3. The largest absolute Gasteiger partial charge is 0.460 e. The van der Waals surface area contributed by atoms with Crippen LogP contribution < -0.4 is 5.43 Å². The average Bonchev–Trinajstić information content (AvgIpc) is 2.78. The highest BCUT2D eigenvalue weighted by atomic mass is 79.9. The van der Waals surface area contributed by atoms with Crippen molar-refractivity contribution in [3.05, 3.63) is 57.5 Å². The lowest BCUT2D eigenvalue weighted by atomic mass is 10.1. The molecular weight excluding hydrogens is 308 g/mol.